The summed E-state index contributed by atoms with van der Waals surface area (Å²) < 4.78 is 0.974. The van der Waals surface area contributed by atoms with Gasteiger partial charge in [0.15, 0.2) is 0 Å². The van der Waals surface area contributed by atoms with E-state index < -0.39 is 0 Å². The van der Waals surface area contributed by atoms with Crippen molar-refractivity contribution in [3.8, 4) is 0 Å². The van der Waals surface area contributed by atoms with Crippen molar-refractivity contribution in [1.82, 2.24) is 0 Å². The van der Waals surface area contributed by atoms with Crippen LogP contribution in [0, 0.1) is 0 Å². The number of aliphatic hydroxyl groups excluding tert-OH is 1. The Morgan fingerprint density at radius 1 is 1.20 bits per heavy atom. The molecule has 0 saturated carbocycles. The van der Waals surface area contributed by atoms with Gasteiger partial charge >= 0.3 is 0 Å². The summed E-state index contributed by atoms with van der Waals surface area (Å²) in [6.07, 6.45) is 0. The van der Waals surface area contributed by atoms with E-state index in [0.717, 1.165) is 15.4 Å². The molecule has 0 fully saturated rings. The van der Waals surface area contributed by atoms with E-state index in [-0.39, 0.29) is 12.6 Å². The van der Waals surface area contributed by atoms with Crippen LogP contribution in [0.15, 0.2) is 40.9 Å². The van der Waals surface area contributed by atoms with Gasteiger partial charge in [-0.15, -0.1) is 0 Å². The highest BCUT2D eigenvalue weighted by atomic mass is 79.9. The lowest BCUT2D eigenvalue weighted by Crippen LogP contribution is -2.14. The zero-order chi connectivity index (χ0) is 10.8. The topological polar surface area (TPSA) is 46.2 Å². The molecule has 78 valence electrons. The molecule has 0 aromatic heterocycles. The molecule has 0 radical (unpaired) electrons. The Kier molecular flexibility index (Phi) is 3.05. The highest BCUT2D eigenvalue weighted by Gasteiger charge is 2.10. The fourth-order valence-corrected chi connectivity index (χ4v) is 2.42. The predicted octanol–water partition coefficient (Wildman–Crippen LogP) is 2.59. The summed E-state index contributed by atoms with van der Waals surface area (Å²) in [4.78, 5) is 0. The number of aliphatic hydroxyl groups is 1. The maximum absolute atomic E-state index is 9.04. The molecule has 2 nitrogen and oxygen atoms in total. The number of fused-ring (bicyclic) bond motifs is 1. The van der Waals surface area contributed by atoms with Crippen molar-refractivity contribution >= 4 is 26.7 Å². The third-order valence-corrected chi connectivity index (χ3v) is 3.37. The van der Waals surface area contributed by atoms with Crippen LogP contribution in [-0.2, 0) is 0 Å². The van der Waals surface area contributed by atoms with Gasteiger partial charge in [0.2, 0.25) is 0 Å². The van der Waals surface area contributed by atoms with Crippen LogP contribution in [0.2, 0.25) is 0 Å². The second-order valence-electron chi connectivity index (χ2n) is 3.48. The molecule has 0 bridgehead atoms. The van der Waals surface area contributed by atoms with Crippen LogP contribution in [0.25, 0.3) is 10.8 Å². The molecule has 15 heavy (non-hydrogen) atoms. The largest absolute Gasteiger partial charge is 0.394 e. The van der Waals surface area contributed by atoms with E-state index in [9.17, 15) is 0 Å². The van der Waals surface area contributed by atoms with Gasteiger partial charge in [0.05, 0.1) is 12.6 Å². The van der Waals surface area contributed by atoms with E-state index in [1.165, 1.54) is 5.39 Å². The maximum Gasteiger partial charge on any atom is 0.0624 e. The lowest BCUT2D eigenvalue weighted by atomic mass is 10.0. The zero-order valence-electron chi connectivity index (χ0n) is 8.15. The second kappa shape index (κ2) is 4.31. The Bertz CT molecular complexity index is 484. The Morgan fingerprint density at radius 2 is 1.93 bits per heavy atom. The van der Waals surface area contributed by atoms with E-state index in [2.05, 4.69) is 15.9 Å². The van der Waals surface area contributed by atoms with E-state index >= 15 is 0 Å². The van der Waals surface area contributed by atoms with Crippen molar-refractivity contribution in [1.29, 1.82) is 0 Å². The van der Waals surface area contributed by atoms with Gasteiger partial charge < -0.3 is 10.8 Å². The molecule has 2 rings (SSSR count). The van der Waals surface area contributed by atoms with Crippen LogP contribution in [-0.4, -0.2) is 11.7 Å². The van der Waals surface area contributed by atoms with Crippen molar-refractivity contribution in [3.63, 3.8) is 0 Å². The molecule has 3 heteroatoms. The fraction of sp³-hybridized carbons (Fsp3) is 0.167. The van der Waals surface area contributed by atoms with Crippen molar-refractivity contribution in [2.75, 3.05) is 6.61 Å². The maximum atomic E-state index is 9.04. The summed E-state index contributed by atoms with van der Waals surface area (Å²) in [5, 5.41) is 11.3. The van der Waals surface area contributed by atoms with Crippen LogP contribution < -0.4 is 5.73 Å². The molecule has 0 aliphatic carbocycles. The lowest BCUT2D eigenvalue weighted by molar-refractivity contribution is 0.268. The van der Waals surface area contributed by atoms with Gasteiger partial charge in [0, 0.05) is 4.47 Å². The van der Waals surface area contributed by atoms with Gasteiger partial charge in [-0.2, -0.15) is 0 Å². The van der Waals surface area contributed by atoms with Crippen LogP contribution in [0.1, 0.15) is 11.6 Å². The number of nitrogens with two attached hydrogens (primary N) is 1. The van der Waals surface area contributed by atoms with Gasteiger partial charge in [-0.25, -0.2) is 0 Å². The van der Waals surface area contributed by atoms with Gasteiger partial charge in [-0.3, -0.25) is 0 Å². The first-order chi connectivity index (χ1) is 7.24. The summed E-state index contributed by atoms with van der Waals surface area (Å²) in [7, 11) is 0. The second-order valence-corrected chi connectivity index (χ2v) is 4.27. The summed E-state index contributed by atoms with van der Waals surface area (Å²) >= 11 is 3.53. The van der Waals surface area contributed by atoms with E-state index in [4.69, 9.17) is 10.8 Å². The molecule has 2 aromatic carbocycles. The normalized spacial score (nSPS) is 13.0. The average molecular weight is 266 g/mol. The standard InChI is InChI=1S/C12H12BrNO/c13-12-9-4-2-1-3-8(9)5-6-10(12)11(14)7-15/h1-6,11,15H,7,14H2/t11-/m0/s1. The van der Waals surface area contributed by atoms with Crippen molar-refractivity contribution in [2.24, 2.45) is 5.73 Å². The minimum absolute atomic E-state index is 0.0447. The Balaban J connectivity index is 2.65. The quantitative estimate of drug-likeness (QED) is 0.877. The van der Waals surface area contributed by atoms with E-state index in [1.807, 2.05) is 36.4 Å². The molecule has 0 aliphatic rings. The summed E-state index contributed by atoms with van der Waals surface area (Å²) in [5.74, 6) is 0. The first kappa shape index (κ1) is 10.6. The van der Waals surface area contributed by atoms with Crippen LogP contribution in [0.4, 0.5) is 0 Å². The third-order valence-electron chi connectivity index (χ3n) is 2.49. The van der Waals surface area contributed by atoms with Crippen LogP contribution in [0.5, 0.6) is 0 Å². The molecule has 0 unspecified atom stereocenters. The summed E-state index contributed by atoms with van der Waals surface area (Å²) in [5.41, 5.74) is 6.75. The third kappa shape index (κ3) is 1.91. The molecule has 0 spiro atoms. The molecule has 2 aromatic rings. The highest BCUT2D eigenvalue weighted by molar-refractivity contribution is 9.10. The Labute approximate surface area is 96.8 Å². The summed E-state index contributed by atoms with van der Waals surface area (Å²) in [6.45, 7) is -0.0447. The van der Waals surface area contributed by atoms with Gasteiger partial charge in [-0.05, 0) is 32.3 Å². The highest BCUT2D eigenvalue weighted by Crippen LogP contribution is 2.30. The lowest BCUT2D eigenvalue weighted by Gasteiger charge is -2.12. The number of hydrogen-bond donors (Lipinski definition) is 2. The molecule has 3 N–H and O–H groups in total. The minimum Gasteiger partial charge on any atom is -0.394 e. The number of rotatable bonds is 2. The minimum atomic E-state index is -0.330. The molecular formula is C12H12BrNO. The Morgan fingerprint density at radius 3 is 2.67 bits per heavy atom. The number of halogens is 1. The molecular weight excluding hydrogens is 254 g/mol. The molecule has 0 heterocycles. The molecule has 0 amide bonds. The smallest absolute Gasteiger partial charge is 0.0624 e. The van der Waals surface area contributed by atoms with Crippen molar-refractivity contribution in [2.45, 2.75) is 6.04 Å². The van der Waals surface area contributed by atoms with E-state index in [0.29, 0.717) is 0 Å². The summed E-state index contributed by atoms with van der Waals surface area (Å²) in [6, 6.07) is 11.7. The predicted molar refractivity (Wildman–Crippen MR) is 65.7 cm³/mol. The Hall–Kier alpha value is -0.900. The van der Waals surface area contributed by atoms with Crippen LogP contribution in [0.3, 0.4) is 0 Å². The fourth-order valence-electron chi connectivity index (χ4n) is 1.64. The molecule has 0 saturated heterocycles. The van der Waals surface area contributed by atoms with Crippen molar-refractivity contribution in [3.05, 3.63) is 46.4 Å². The number of hydrogen-bond acceptors (Lipinski definition) is 2. The van der Waals surface area contributed by atoms with Gasteiger partial charge in [0.25, 0.3) is 0 Å². The first-order valence-electron chi connectivity index (χ1n) is 4.77. The monoisotopic (exact) mass is 265 g/mol. The van der Waals surface area contributed by atoms with Gasteiger partial charge in [-0.1, -0.05) is 36.4 Å². The molecule has 1 atom stereocenters. The van der Waals surface area contributed by atoms with E-state index in [1.54, 1.807) is 0 Å². The average Bonchev–Trinajstić information content (AvgIpc) is 2.29. The molecule has 0 aliphatic heterocycles. The van der Waals surface area contributed by atoms with Crippen molar-refractivity contribution < 1.29 is 5.11 Å². The van der Waals surface area contributed by atoms with Crippen LogP contribution >= 0.6 is 15.9 Å². The first-order valence-corrected chi connectivity index (χ1v) is 5.57. The van der Waals surface area contributed by atoms with Gasteiger partial charge in [0.1, 0.15) is 0 Å². The zero-order valence-corrected chi connectivity index (χ0v) is 9.74. The number of benzene rings is 2. The SMILES string of the molecule is N[C@@H](CO)c1ccc2ccccc2c1Br.